The van der Waals surface area contributed by atoms with Crippen LogP contribution in [0.1, 0.15) is 24.0 Å². The van der Waals surface area contributed by atoms with Crippen LogP contribution < -0.4 is 15.4 Å². The van der Waals surface area contributed by atoms with Gasteiger partial charge in [-0.15, -0.1) is 0 Å². The van der Waals surface area contributed by atoms with Crippen LogP contribution in [0.2, 0.25) is 0 Å². The van der Waals surface area contributed by atoms with Crippen LogP contribution in [-0.4, -0.2) is 28.0 Å². The summed E-state index contributed by atoms with van der Waals surface area (Å²) in [5.74, 6) is 0.510. The molecule has 1 saturated carbocycles. The first kappa shape index (κ1) is 19.7. The van der Waals surface area contributed by atoms with Gasteiger partial charge in [-0.1, -0.05) is 30.3 Å². The lowest BCUT2D eigenvalue weighted by Gasteiger charge is -2.12. The average Bonchev–Trinajstić information content (AvgIpc) is 3.49. The minimum Gasteiger partial charge on any atom is -0.484 e. The lowest BCUT2D eigenvalue weighted by molar-refractivity contribution is -0.123. The van der Waals surface area contributed by atoms with Gasteiger partial charge < -0.3 is 19.9 Å². The Morgan fingerprint density at radius 2 is 1.93 bits per heavy atom. The molecular formula is C23H24N4O3. The molecule has 0 aliphatic heterocycles. The second-order valence-electron chi connectivity index (χ2n) is 7.36. The van der Waals surface area contributed by atoms with Crippen molar-refractivity contribution in [3.63, 3.8) is 0 Å². The number of amides is 2. The van der Waals surface area contributed by atoms with Gasteiger partial charge in [-0.2, -0.15) is 0 Å². The summed E-state index contributed by atoms with van der Waals surface area (Å²) in [4.78, 5) is 28.2. The molecule has 0 atom stereocenters. The zero-order valence-electron chi connectivity index (χ0n) is 16.6. The molecule has 0 spiro atoms. The molecule has 30 heavy (non-hydrogen) atoms. The zero-order chi connectivity index (χ0) is 20.8. The van der Waals surface area contributed by atoms with E-state index in [1.807, 2.05) is 41.1 Å². The third-order valence-corrected chi connectivity index (χ3v) is 4.93. The van der Waals surface area contributed by atoms with Crippen LogP contribution in [-0.2, 0) is 22.7 Å². The van der Waals surface area contributed by atoms with E-state index in [0.29, 0.717) is 24.5 Å². The van der Waals surface area contributed by atoms with E-state index in [-0.39, 0.29) is 24.3 Å². The molecule has 0 saturated heterocycles. The van der Waals surface area contributed by atoms with Gasteiger partial charge in [0.1, 0.15) is 5.75 Å². The van der Waals surface area contributed by atoms with Crippen molar-refractivity contribution >= 4 is 17.5 Å². The fourth-order valence-corrected chi connectivity index (χ4v) is 3.11. The summed E-state index contributed by atoms with van der Waals surface area (Å²) < 4.78 is 7.58. The minimum atomic E-state index is -0.208. The van der Waals surface area contributed by atoms with Crippen molar-refractivity contribution in [1.29, 1.82) is 0 Å². The number of hydrogen-bond donors (Lipinski definition) is 2. The second kappa shape index (κ2) is 9.26. The van der Waals surface area contributed by atoms with Gasteiger partial charge in [-0.25, -0.2) is 4.98 Å². The van der Waals surface area contributed by atoms with E-state index < -0.39 is 0 Å². The topological polar surface area (TPSA) is 85.2 Å². The molecule has 4 rings (SSSR count). The highest BCUT2D eigenvalue weighted by Gasteiger charge is 2.29. The normalized spacial score (nSPS) is 12.9. The maximum atomic E-state index is 12.3. The molecule has 1 aromatic heterocycles. The molecule has 1 fully saturated rings. The van der Waals surface area contributed by atoms with E-state index in [1.54, 1.807) is 30.7 Å². The van der Waals surface area contributed by atoms with Gasteiger partial charge in [0.25, 0.3) is 5.91 Å². The van der Waals surface area contributed by atoms with Gasteiger partial charge in [0.15, 0.2) is 6.61 Å². The van der Waals surface area contributed by atoms with Crippen molar-refractivity contribution in [2.45, 2.75) is 25.9 Å². The Bertz CT molecular complexity index is 1010. The molecule has 7 nitrogen and oxygen atoms in total. The van der Waals surface area contributed by atoms with E-state index in [1.165, 1.54) is 0 Å². The maximum Gasteiger partial charge on any atom is 0.258 e. The Morgan fingerprint density at radius 3 is 2.70 bits per heavy atom. The van der Waals surface area contributed by atoms with Crippen molar-refractivity contribution < 1.29 is 14.3 Å². The molecule has 2 N–H and O–H groups in total. The number of carbonyl (C=O) groups excluding carboxylic acids is 2. The van der Waals surface area contributed by atoms with Gasteiger partial charge in [0, 0.05) is 43.2 Å². The zero-order valence-corrected chi connectivity index (χ0v) is 16.6. The van der Waals surface area contributed by atoms with Crippen LogP contribution in [0.15, 0.2) is 67.3 Å². The van der Waals surface area contributed by atoms with Gasteiger partial charge in [-0.3, -0.25) is 9.59 Å². The van der Waals surface area contributed by atoms with Gasteiger partial charge in [0.05, 0.1) is 6.33 Å². The van der Waals surface area contributed by atoms with E-state index in [9.17, 15) is 9.59 Å². The smallest absolute Gasteiger partial charge is 0.258 e. The predicted molar refractivity (Wildman–Crippen MR) is 113 cm³/mol. The standard InChI is InChI=1S/C23H24N4O3/c28-22(15-30-21-7-3-6-20(12-21)26-23(29)17-8-9-17)25-13-18-4-1-2-5-19(18)14-27-11-10-24-16-27/h1-7,10-12,16-17H,8-9,13-15H2,(H,25,28)(H,26,29). The van der Waals surface area contributed by atoms with Crippen LogP contribution in [0, 0.1) is 5.92 Å². The van der Waals surface area contributed by atoms with E-state index in [0.717, 1.165) is 24.0 Å². The molecule has 1 aliphatic rings. The van der Waals surface area contributed by atoms with Crippen LogP contribution in [0.3, 0.4) is 0 Å². The van der Waals surface area contributed by atoms with Crippen LogP contribution in [0.5, 0.6) is 5.75 Å². The third-order valence-electron chi connectivity index (χ3n) is 4.93. The molecule has 0 unspecified atom stereocenters. The van der Waals surface area contributed by atoms with Crippen molar-refractivity contribution in [3.8, 4) is 5.75 Å². The monoisotopic (exact) mass is 404 g/mol. The van der Waals surface area contributed by atoms with Crippen LogP contribution in [0.25, 0.3) is 0 Å². The molecule has 1 heterocycles. The van der Waals surface area contributed by atoms with Gasteiger partial charge in [0.2, 0.25) is 5.91 Å². The highest BCUT2D eigenvalue weighted by Crippen LogP contribution is 2.30. The van der Waals surface area contributed by atoms with Crippen LogP contribution >= 0.6 is 0 Å². The Balaban J connectivity index is 1.27. The summed E-state index contributed by atoms with van der Waals surface area (Å²) in [6.07, 6.45) is 7.32. The third kappa shape index (κ3) is 5.47. The molecule has 7 heteroatoms. The highest BCUT2D eigenvalue weighted by atomic mass is 16.5. The lowest BCUT2D eigenvalue weighted by atomic mass is 10.1. The molecule has 2 amide bonds. The molecule has 154 valence electrons. The van der Waals surface area contributed by atoms with Crippen LogP contribution in [0.4, 0.5) is 5.69 Å². The number of imidazole rings is 1. The SMILES string of the molecule is O=C(COc1cccc(NC(=O)C2CC2)c1)NCc1ccccc1Cn1ccnc1. The summed E-state index contributed by atoms with van der Waals surface area (Å²) in [5, 5.41) is 5.78. The van der Waals surface area contributed by atoms with Crippen molar-refractivity contribution in [3.05, 3.63) is 78.4 Å². The number of aromatic nitrogens is 2. The first-order valence-corrected chi connectivity index (χ1v) is 10.0. The minimum absolute atomic E-state index is 0.0410. The first-order chi connectivity index (χ1) is 14.7. The van der Waals surface area contributed by atoms with Gasteiger partial charge in [-0.05, 0) is 36.1 Å². The van der Waals surface area contributed by atoms with Crippen molar-refractivity contribution in [2.75, 3.05) is 11.9 Å². The fraction of sp³-hybridized carbons (Fsp3) is 0.261. The number of nitrogens with one attached hydrogen (secondary N) is 2. The molecule has 2 aromatic carbocycles. The molecule has 0 bridgehead atoms. The van der Waals surface area contributed by atoms with Gasteiger partial charge >= 0.3 is 0 Å². The van der Waals surface area contributed by atoms with Crippen molar-refractivity contribution in [2.24, 2.45) is 5.92 Å². The summed E-state index contributed by atoms with van der Waals surface area (Å²) in [6.45, 7) is 1.02. The molecule has 3 aromatic rings. The highest BCUT2D eigenvalue weighted by molar-refractivity contribution is 5.94. The molecule has 0 radical (unpaired) electrons. The summed E-state index contributed by atoms with van der Waals surface area (Å²) in [5.41, 5.74) is 2.85. The Morgan fingerprint density at radius 1 is 1.10 bits per heavy atom. The number of ether oxygens (including phenoxy) is 1. The Kier molecular flexibility index (Phi) is 6.08. The summed E-state index contributed by atoms with van der Waals surface area (Å²) >= 11 is 0. The van der Waals surface area contributed by atoms with E-state index in [2.05, 4.69) is 15.6 Å². The number of rotatable bonds is 9. The Labute approximate surface area is 175 Å². The van der Waals surface area contributed by atoms with E-state index >= 15 is 0 Å². The Hall–Kier alpha value is -3.61. The number of benzene rings is 2. The fourth-order valence-electron chi connectivity index (χ4n) is 3.11. The van der Waals surface area contributed by atoms with E-state index in [4.69, 9.17) is 4.74 Å². The summed E-state index contributed by atoms with van der Waals surface area (Å²) in [6, 6.07) is 15.1. The number of nitrogens with zero attached hydrogens (tertiary/aromatic N) is 2. The quantitative estimate of drug-likeness (QED) is 0.574. The largest absolute Gasteiger partial charge is 0.484 e. The molecular weight excluding hydrogens is 380 g/mol. The average molecular weight is 404 g/mol. The molecule has 1 aliphatic carbocycles. The predicted octanol–water partition coefficient (Wildman–Crippen LogP) is 2.98. The summed E-state index contributed by atoms with van der Waals surface area (Å²) in [7, 11) is 0. The number of carbonyl (C=O) groups is 2. The maximum absolute atomic E-state index is 12.3. The first-order valence-electron chi connectivity index (χ1n) is 10.0. The lowest BCUT2D eigenvalue weighted by Crippen LogP contribution is -2.28. The number of anilines is 1. The van der Waals surface area contributed by atoms with Crippen molar-refractivity contribution in [1.82, 2.24) is 14.9 Å². The number of hydrogen-bond acceptors (Lipinski definition) is 4. The second-order valence-corrected chi connectivity index (χ2v) is 7.36.